The highest BCUT2D eigenvalue weighted by atomic mass is 31.2. The van der Waals surface area contributed by atoms with Crippen molar-refractivity contribution in [2.24, 2.45) is 0 Å². The molecule has 0 bridgehead atoms. The third-order valence-electron chi connectivity index (χ3n) is 6.24. The van der Waals surface area contributed by atoms with E-state index in [1.165, 1.54) is 25.5 Å². The summed E-state index contributed by atoms with van der Waals surface area (Å²) in [7, 11) is -2.34. The van der Waals surface area contributed by atoms with Crippen LogP contribution in [0.5, 0.6) is 17.8 Å². The number of hydrogen-bond acceptors (Lipinski definition) is 14. The summed E-state index contributed by atoms with van der Waals surface area (Å²) in [4.78, 5) is 37.3. The molecule has 0 aliphatic rings. The molecule has 0 aliphatic carbocycles. The maximum atomic E-state index is 14.2. The van der Waals surface area contributed by atoms with Crippen LogP contribution in [0.4, 0.5) is 5.82 Å². The number of carbonyl (C=O) groups is 2. The van der Waals surface area contributed by atoms with Crippen LogP contribution in [0, 0.1) is 0 Å². The van der Waals surface area contributed by atoms with E-state index in [0.29, 0.717) is 5.75 Å². The molecule has 2 aromatic heterocycles. The number of hydrogen-bond donors (Lipinski definition) is 4. The van der Waals surface area contributed by atoms with Gasteiger partial charge in [-0.1, -0.05) is 18.2 Å². The zero-order chi connectivity index (χ0) is 33.7. The Morgan fingerprint density at radius 3 is 2.20 bits per heavy atom. The van der Waals surface area contributed by atoms with Gasteiger partial charge in [-0.05, 0) is 39.8 Å². The van der Waals surface area contributed by atoms with Crippen molar-refractivity contribution >= 4 is 36.4 Å². The number of esters is 2. The highest BCUT2D eigenvalue weighted by Crippen LogP contribution is 2.38. The van der Waals surface area contributed by atoms with Gasteiger partial charge in [-0.25, -0.2) is 10.2 Å². The first kappa shape index (κ1) is 36.4. The second-order valence-corrected chi connectivity index (χ2v) is 12.2. The van der Waals surface area contributed by atoms with E-state index in [9.17, 15) is 19.3 Å². The van der Waals surface area contributed by atoms with Crippen molar-refractivity contribution in [1.82, 2.24) is 29.7 Å². The number of nitrogens with zero attached hydrogens (tertiary/aromatic N) is 4. The monoisotopic (exact) mass is 667 g/mol. The molecule has 0 saturated carbocycles. The summed E-state index contributed by atoms with van der Waals surface area (Å²) < 4.78 is 48.2. The van der Waals surface area contributed by atoms with Crippen LogP contribution < -0.4 is 25.4 Å². The number of benzene rings is 1. The van der Waals surface area contributed by atoms with Crippen LogP contribution in [0.25, 0.3) is 11.2 Å². The van der Waals surface area contributed by atoms with E-state index in [4.69, 9.17) is 34.2 Å². The van der Waals surface area contributed by atoms with E-state index >= 15 is 0 Å². The summed E-state index contributed by atoms with van der Waals surface area (Å²) in [6.45, 7) is 6.73. The number of aromatic nitrogens is 4. The van der Waals surface area contributed by atoms with Crippen LogP contribution in [0.15, 0.2) is 30.3 Å². The summed E-state index contributed by atoms with van der Waals surface area (Å²) in [6.07, 6.45) is -1.41. The fraction of sp³-hybridized carbons (Fsp3) is 0.536. The maximum Gasteiger partial charge on any atom is 0.323 e. The predicted molar refractivity (Wildman–Crippen MR) is 167 cm³/mol. The van der Waals surface area contributed by atoms with Crippen molar-refractivity contribution in [3.05, 3.63) is 30.3 Å². The SMILES string of the molecule is CCOC(=O)C(C)NP(=O)(COC(COc1ccccc1)Cn1c(O)nc2c(N)nc(OCCOC)nc21)NC(C)C(=O)OCC. The van der Waals surface area contributed by atoms with Gasteiger partial charge in [-0.15, -0.1) is 0 Å². The number of fused-ring (bicyclic) bond motifs is 1. The molecule has 0 saturated heterocycles. The van der Waals surface area contributed by atoms with E-state index in [2.05, 4.69) is 25.1 Å². The van der Waals surface area contributed by atoms with Gasteiger partial charge in [-0.3, -0.25) is 18.7 Å². The molecule has 0 aliphatic heterocycles. The highest BCUT2D eigenvalue weighted by molar-refractivity contribution is 7.59. The van der Waals surface area contributed by atoms with Gasteiger partial charge >= 0.3 is 17.9 Å². The van der Waals surface area contributed by atoms with Crippen molar-refractivity contribution in [2.75, 3.05) is 52.2 Å². The molecule has 3 unspecified atom stereocenters. The second kappa shape index (κ2) is 17.6. The molecule has 3 atom stereocenters. The highest BCUT2D eigenvalue weighted by Gasteiger charge is 2.33. The van der Waals surface area contributed by atoms with E-state index in [1.807, 2.05) is 6.07 Å². The fourth-order valence-corrected chi connectivity index (χ4v) is 6.20. The third kappa shape index (κ3) is 10.5. The zero-order valence-electron chi connectivity index (χ0n) is 26.5. The Bertz CT molecular complexity index is 1450. The average Bonchev–Trinajstić information content (AvgIpc) is 3.34. The van der Waals surface area contributed by atoms with Gasteiger partial charge in [0, 0.05) is 7.11 Å². The largest absolute Gasteiger partial charge is 0.491 e. The summed E-state index contributed by atoms with van der Waals surface area (Å²) in [5, 5.41) is 16.3. The van der Waals surface area contributed by atoms with Crippen LogP contribution in [0.3, 0.4) is 0 Å². The van der Waals surface area contributed by atoms with Crippen molar-refractivity contribution in [3.63, 3.8) is 0 Å². The number of para-hydroxylation sites is 1. The number of anilines is 1. The van der Waals surface area contributed by atoms with Gasteiger partial charge in [0.15, 0.2) is 17.0 Å². The summed E-state index contributed by atoms with van der Waals surface area (Å²) in [6, 6.07) is 6.37. The lowest BCUT2D eigenvalue weighted by Crippen LogP contribution is -2.43. The zero-order valence-corrected chi connectivity index (χ0v) is 27.4. The quantitative estimate of drug-likeness (QED) is 0.0767. The molecule has 5 N–H and O–H groups in total. The average molecular weight is 668 g/mol. The Labute approximate surface area is 266 Å². The molecule has 0 amide bonds. The topological polar surface area (TPSA) is 220 Å². The molecule has 3 rings (SSSR count). The maximum absolute atomic E-state index is 14.2. The lowest BCUT2D eigenvalue weighted by molar-refractivity contribution is -0.145. The molecule has 0 fully saturated rings. The number of aromatic hydroxyl groups is 1. The molecule has 46 heavy (non-hydrogen) atoms. The Morgan fingerprint density at radius 2 is 1.61 bits per heavy atom. The number of carbonyl (C=O) groups excluding carboxylic acids is 2. The molecule has 18 heteroatoms. The van der Waals surface area contributed by atoms with Gasteiger partial charge in [0.25, 0.3) is 6.01 Å². The minimum absolute atomic E-state index is 0.0247. The van der Waals surface area contributed by atoms with Gasteiger partial charge in [0.1, 0.15) is 43.5 Å². The van der Waals surface area contributed by atoms with E-state index in [1.54, 1.807) is 38.1 Å². The fourth-order valence-electron chi connectivity index (χ4n) is 4.09. The molecular formula is C28H42N7O10P. The summed E-state index contributed by atoms with van der Waals surface area (Å²) in [5.41, 5.74) is 6.35. The molecule has 1 aromatic carbocycles. The smallest absolute Gasteiger partial charge is 0.323 e. The number of nitrogens with two attached hydrogens (primary N) is 1. The minimum Gasteiger partial charge on any atom is -0.491 e. The Balaban J connectivity index is 1.92. The van der Waals surface area contributed by atoms with Crippen LogP contribution >= 0.6 is 7.44 Å². The first-order valence-electron chi connectivity index (χ1n) is 14.6. The first-order valence-corrected chi connectivity index (χ1v) is 16.5. The van der Waals surface area contributed by atoms with Crippen molar-refractivity contribution in [1.29, 1.82) is 0 Å². The first-order chi connectivity index (χ1) is 22.0. The van der Waals surface area contributed by atoms with E-state index in [-0.39, 0.29) is 62.6 Å². The molecular weight excluding hydrogens is 625 g/mol. The summed E-state index contributed by atoms with van der Waals surface area (Å²) >= 11 is 0. The van der Waals surface area contributed by atoms with Gasteiger partial charge < -0.3 is 39.3 Å². The Hall–Kier alpha value is -4.02. The molecule has 17 nitrogen and oxygen atoms in total. The number of nitrogen functional groups attached to an aromatic ring is 1. The van der Waals surface area contributed by atoms with Crippen LogP contribution in [0.1, 0.15) is 27.7 Å². The lowest BCUT2D eigenvalue weighted by atomic mass is 10.3. The van der Waals surface area contributed by atoms with Crippen LogP contribution in [-0.2, 0) is 39.6 Å². The molecule has 254 valence electrons. The number of imidazole rings is 1. The third-order valence-corrected chi connectivity index (χ3v) is 8.36. The number of ether oxygens (including phenoxy) is 6. The predicted octanol–water partition coefficient (Wildman–Crippen LogP) is 1.84. The number of nitrogens with one attached hydrogen (secondary N) is 2. The van der Waals surface area contributed by atoms with Crippen molar-refractivity contribution in [2.45, 2.75) is 52.4 Å². The van der Waals surface area contributed by atoms with Gasteiger partial charge in [0.05, 0.1) is 26.4 Å². The van der Waals surface area contributed by atoms with E-state index in [0.717, 1.165) is 0 Å². The normalized spacial score (nSPS) is 14.6. The number of rotatable bonds is 20. The van der Waals surface area contributed by atoms with Crippen molar-refractivity contribution in [3.8, 4) is 17.8 Å². The summed E-state index contributed by atoms with van der Waals surface area (Å²) in [5.74, 6) is -0.786. The number of methoxy groups -OCH3 is 1. The van der Waals surface area contributed by atoms with Crippen molar-refractivity contribution < 1.29 is 47.7 Å². The minimum atomic E-state index is -3.86. The lowest BCUT2D eigenvalue weighted by Gasteiger charge is -2.28. The van der Waals surface area contributed by atoms with Gasteiger partial charge in [0.2, 0.25) is 7.44 Å². The standard InChI is InChI=1S/C28H42N7O10P/c1-6-41-25(36)18(3)33-46(39,34-19(4)26(37)42-7-2)17-45-21(16-44-20-11-9-8-10-12-20)15-35-24-22(30-28(35)38)23(29)31-27(32-24)43-14-13-40-5/h8-12,18-19,21H,6-7,13-17H2,1-5H3,(H,30,38)(H2,29,31,32)(H2,33,34,39). The molecule has 0 radical (unpaired) electrons. The Kier molecular flexibility index (Phi) is 14.0. The van der Waals surface area contributed by atoms with Crippen LogP contribution in [0.2, 0.25) is 0 Å². The van der Waals surface area contributed by atoms with E-state index < -0.39 is 49.9 Å². The Morgan fingerprint density at radius 1 is 0.978 bits per heavy atom. The van der Waals surface area contributed by atoms with Gasteiger partial charge in [-0.2, -0.15) is 15.0 Å². The van der Waals surface area contributed by atoms with Crippen LogP contribution in [-0.4, -0.2) is 101 Å². The molecule has 3 aromatic rings. The second-order valence-electron chi connectivity index (χ2n) is 9.91. The molecule has 2 heterocycles. The molecule has 0 spiro atoms.